The summed E-state index contributed by atoms with van der Waals surface area (Å²) in [7, 11) is 0. The van der Waals surface area contributed by atoms with Crippen LogP contribution in [0, 0.1) is 24.1 Å². The zero-order chi connectivity index (χ0) is 25.9. The van der Waals surface area contributed by atoms with Crippen LogP contribution in [0.25, 0.3) is 0 Å². The number of benzene rings is 3. The maximum atomic E-state index is 14.6. The number of fused-ring (bicyclic) bond motifs is 3. The van der Waals surface area contributed by atoms with Gasteiger partial charge in [-0.2, -0.15) is 5.26 Å². The quantitative estimate of drug-likeness (QED) is 0.556. The van der Waals surface area contributed by atoms with Crippen molar-refractivity contribution in [2.75, 3.05) is 16.4 Å². The van der Waals surface area contributed by atoms with Crippen LogP contribution in [-0.4, -0.2) is 18.5 Å². The lowest BCUT2D eigenvalue weighted by Crippen LogP contribution is -2.50. The number of carbonyl (C=O) groups excluding carboxylic acids is 2. The molecule has 6 rings (SSSR count). The maximum Gasteiger partial charge on any atom is 0.338 e. The van der Waals surface area contributed by atoms with Gasteiger partial charge < -0.3 is 15.4 Å². The van der Waals surface area contributed by atoms with Gasteiger partial charge >= 0.3 is 5.97 Å². The molecular formula is C29H21FN4O3. The topological polar surface area (TPSA) is 99.7 Å². The highest BCUT2D eigenvalue weighted by Crippen LogP contribution is 2.56. The molecule has 8 heteroatoms. The summed E-state index contributed by atoms with van der Waals surface area (Å²) in [6.07, 6.45) is 0. The molecule has 3 aromatic rings. The summed E-state index contributed by atoms with van der Waals surface area (Å²) in [6, 6.07) is 22.7. The van der Waals surface area contributed by atoms with Crippen LogP contribution in [-0.2, 0) is 26.3 Å². The fourth-order valence-electron chi connectivity index (χ4n) is 5.61. The minimum Gasteiger partial charge on any atom is -0.456 e. The van der Waals surface area contributed by atoms with E-state index in [4.69, 9.17) is 10.5 Å². The number of nitriles is 1. The molecule has 1 atom stereocenters. The molecule has 0 bridgehead atoms. The summed E-state index contributed by atoms with van der Waals surface area (Å²) in [5.41, 5.74) is 8.08. The van der Waals surface area contributed by atoms with Gasteiger partial charge in [-0.1, -0.05) is 48.5 Å². The van der Waals surface area contributed by atoms with E-state index in [1.807, 2.05) is 31.2 Å². The van der Waals surface area contributed by atoms with Gasteiger partial charge in [-0.15, -0.1) is 0 Å². The fraction of sp³-hybridized carbons (Fsp3) is 0.138. The predicted octanol–water partition coefficient (Wildman–Crippen LogP) is 3.94. The third-order valence-electron chi connectivity index (χ3n) is 7.17. The highest BCUT2D eigenvalue weighted by Gasteiger charge is 2.64. The standard InChI is InChI=1S/C29H21FN4O3/c1-17-7-6-9-19(13-17)34-24-16-37-27(35)25(24)29(21(14-31)26(34)32)20-10-3-5-12-23(20)33(28(29)36)15-18-8-2-4-11-22(18)30/h2-13H,15-16,32H2,1H3. The Morgan fingerprint density at radius 1 is 1.08 bits per heavy atom. The number of amides is 1. The van der Waals surface area contributed by atoms with Crippen molar-refractivity contribution in [3.63, 3.8) is 0 Å². The van der Waals surface area contributed by atoms with Crippen LogP contribution in [0.2, 0.25) is 0 Å². The first kappa shape index (κ1) is 22.6. The third kappa shape index (κ3) is 2.97. The molecule has 0 saturated carbocycles. The highest BCUT2D eigenvalue weighted by molar-refractivity contribution is 6.19. The molecule has 182 valence electrons. The summed E-state index contributed by atoms with van der Waals surface area (Å²) in [5.74, 6) is -1.66. The molecule has 7 nitrogen and oxygen atoms in total. The maximum absolute atomic E-state index is 14.6. The molecule has 0 fully saturated rings. The lowest BCUT2D eigenvalue weighted by atomic mass is 9.67. The van der Waals surface area contributed by atoms with Gasteiger partial charge in [-0.05, 0) is 36.8 Å². The number of esters is 1. The Morgan fingerprint density at radius 3 is 2.59 bits per heavy atom. The van der Waals surface area contributed by atoms with Crippen LogP contribution in [0.1, 0.15) is 16.7 Å². The van der Waals surface area contributed by atoms with E-state index < -0.39 is 23.1 Å². The van der Waals surface area contributed by atoms with E-state index in [-0.39, 0.29) is 30.1 Å². The van der Waals surface area contributed by atoms with Gasteiger partial charge in [0.15, 0.2) is 0 Å². The van der Waals surface area contributed by atoms with Crippen molar-refractivity contribution >= 4 is 23.3 Å². The van der Waals surface area contributed by atoms with Gasteiger partial charge in [0.25, 0.3) is 0 Å². The second-order valence-corrected chi connectivity index (χ2v) is 9.19. The van der Waals surface area contributed by atoms with Gasteiger partial charge in [0, 0.05) is 22.5 Å². The number of halogens is 1. The number of hydrogen-bond donors (Lipinski definition) is 1. The molecule has 2 N–H and O–H groups in total. The zero-order valence-corrected chi connectivity index (χ0v) is 19.9. The first-order chi connectivity index (χ1) is 17.9. The van der Waals surface area contributed by atoms with Crippen molar-refractivity contribution in [1.29, 1.82) is 5.26 Å². The number of cyclic esters (lactones) is 1. The van der Waals surface area contributed by atoms with E-state index in [0.717, 1.165) is 5.56 Å². The summed E-state index contributed by atoms with van der Waals surface area (Å²) in [5, 5.41) is 10.5. The number of nitrogens with two attached hydrogens (primary N) is 1. The molecule has 0 aromatic heterocycles. The summed E-state index contributed by atoms with van der Waals surface area (Å²) >= 11 is 0. The molecule has 3 aromatic carbocycles. The third-order valence-corrected chi connectivity index (χ3v) is 7.17. The molecule has 37 heavy (non-hydrogen) atoms. The lowest BCUT2D eigenvalue weighted by molar-refractivity contribution is -0.137. The predicted molar refractivity (Wildman–Crippen MR) is 134 cm³/mol. The Labute approximate surface area is 212 Å². The monoisotopic (exact) mass is 492 g/mol. The Bertz CT molecular complexity index is 1620. The average Bonchev–Trinajstić information content (AvgIpc) is 3.38. The Hall–Kier alpha value is -4.90. The second kappa shape index (κ2) is 8.07. The molecule has 3 aliphatic rings. The van der Waals surface area contributed by atoms with E-state index >= 15 is 0 Å². The summed E-state index contributed by atoms with van der Waals surface area (Å²) < 4.78 is 20.1. The summed E-state index contributed by atoms with van der Waals surface area (Å²) in [6.45, 7) is 1.73. The van der Waals surface area contributed by atoms with Crippen molar-refractivity contribution in [2.24, 2.45) is 5.73 Å². The Morgan fingerprint density at radius 2 is 1.84 bits per heavy atom. The SMILES string of the molecule is Cc1cccc(N2C(N)=C(C#N)C3(C(=O)N(Cc4ccccc4F)c4ccccc43)C3=C2COC3=O)c1. The van der Waals surface area contributed by atoms with E-state index in [1.165, 1.54) is 11.0 Å². The number of aryl methyl sites for hydroxylation is 1. The number of rotatable bonds is 3. The van der Waals surface area contributed by atoms with Gasteiger partial charge in [-0.3, -0.25) is 9.69 Å². The van der Waals surface area contributed by atoms with E-state index in [9.17, 15) is 19.2 Å². The van der Waals surface area contributed by atoms with E-state index in [2.05, 4.69) is 6.07 Å². The molecule has 1 spiro atoms. The largest absolute Gasteiger partial charge is 0.456 e. The molecule has 3 heterocycles. The van der Waals surface area contributed by atoms with Crippen LogP contribution in [0.15, 0.2) is 95.5 Å². The zero-order valence-electron chi connectivity index (χ0n) is 19.9. The normalized spacial score (nSPS) is 20.4. The molecular weight excluding hydrogens is 471 g/mol. The first-order valence-electron chi connectivity index (χ1n) is 11.7. The van der Waals surface area contributed by atoms with E-state index in [1.54, 1.807) is 47.4 Å². The second-order valence-electron chi connectivity index (χ2n) is 9.19. The van der Waals surface area contributed by atoms with Gasteiger partial charge in [0.1, 0.15) is 29.7 Å². The van der Waals surface area contributed by atoms with Crippen LogP contribution in [0.3, 0.4) is 0 Å². The minimum absolute atomic E-state index is 0.0426. The van der Waals surface area contributed by atoms with Crippen LogP contribution in [0.4, 0.5) is 15.8 Å². The lowest BCUT2D eigenvalue weighted by Gasteiger charge is -2.38. The molecule has 0 aliphatic carbocycles. The number of para-hydroxylation sites is 1. The van der Waals surface area contributed by atoms with Crippen molar-refractivity contribution in [1.82, 2.24) is 0 Å². The van der Waals surface area contributed by atoms with Crippen LogP contribution in [0.5, 0.6) is 0 Å². The van der Waals surface area contributed by atoms with Crippen LogP contribution >= 0.6 is 0 Å². The smallest absolute Gasteiger partial charge is 0.338 e. The van der Waals surface area contributed by atoms with Gasteiger partial charge in [-0.25, -0.2) is 9.18 Å². The fourth-order valence-corrected chi connectivity index (χ4v) is 5.61. The minimum atomic E-state index is -1.80. The van der Waals surface area contributed by atoms with Crippen molar-refractivity contribution in [2.45, 2.75) is 18.9 Å². The van der Waals surface area contributed by atoms with E-state index in [0.29, 0.717) is 28.2 Å². The first-order valence-corrected chi connectivity index (χ1v) is 11.7. The number of carbonyl (C=O) groups is 2. The molecule has 0 radical (unpaired) electrons. The number of nitrogens with zero attached hydrogens (tertiary/aromatic N) is 3. The summed E-state index contributed by atoms with van der Waals surface area (Å²) in [4.78, 5) is 30.8. The van der Waals surface area contributed by atoms with Crippen molar-refractivity contribution < 1.29 is 18.7 Å². The molecule has 3 aliphatic heterocycles. The molecule has 1 unspecified atom stereocenters. The Balaban J connectivity index is 1.62. The number of hydrogen-bond acceptors (Lipinski definition) is 6. The molecule has 0 saturated heterocycles. The van der Waals surface area contributed by atoms with Crippen molar-refractivity contribution in [3.05, 3.63) is 118 Å². The van der Waals surface area contributed by atoms with Crippen molar-refractivity contribution in [3.8, 4) is 6.07 Å². The molecule has 1 amide bonds. The number of ether oxygens (including phenoxy) is 1. The highest BCUT2D eigenvalue weighted by atomic mass is 19.1. The van der Waals surface area contributed by atoms with Gasteiger partial charge in [0.05, 0.1) is 23.4 Å². The number of anilines is 2. The average molecular weight is 493 g/mol. The van der Waals surface area contributed by atoms with Crippen LogP contribution < -0.4 is 15.5 Å². The van der Waals surface area contributed by atoms with Gasteiger partial charge in [0.2, 0.25) is 5.91 Å². The Kier molecular flexibility index (Phi) is 4.92.